The first-order valence-corrected chi connectivity index (χ1v) is 9.87. The molecule has 0 aliphatic carbocycles. The molecule has 8 heteroatoms. The van der Waals surface area contributed by atoms with Gasteiger partial charge >= 0.3 is 5.97 Å². The zero-order valence-electron chi connectivity index (χ0n) is 18.6. The normalized spacial score (nSPS) is 11.0. The quantitative estimate of drug-likeness (QED) is 0.620. The number of benzene rings is 2. The summed E-state index contributed by atoms with van der Waals surface area (Å²) in [6.07, 6.45) is 2.78. The molecule has 8 nitrogen and oxygen atoms in total. The summed E-state index contributed by atoms with van der Waals surface area (Å²) in [5.41, 5.74) is 3.12. The molecule has 0 atom stereocenters. The van der Waals surface area contributed by atoms with Crippen LogP contribution in [-0.2, 0) is 5.41 Å². The fourth-order valence-corrected chi connectivity index (χ4v) is 3.25. The van der Waals surface area contributed by atoms with E-state index in [-0.39, 0.29) is 11.1 Å². The fourth-order valence-electron chi connectivity index (χ4n) is 3.25. The highest BCUT2D eigenvalue weighted by atomic mass is 16.5. The summed E-state index contributed by atoms with van der Waals surface area (Å²) in [6, 6.07) is 10.8. The molecule has 0 fully saturated rings. The molecule has 0 spiro atoms. The summed E-state index contributed by atoms with van der Waals surface area (Å²) in [4.78, 5) is 28.1. The number of nitrogens with zero attached hydrogens (tertiary/aromatic N) is 3. The van der Waals surface area contributed by atoms with E-state index in [1.807, 2.05) is 33.8 Å². The number of hydrogen-bond acceptors (Lipinski definition) is 5. The van der Waals surface area contributed by atoms with Gasteiger partial charge in [0.2, 0.25) is 0 Å². The number of methoxy groups -OCH3 is 1. The molecule has 2 aromatic carbocycles. The van der Waals surface area contributed by atoms with E-state index < -0.39 is 11.9 Å². The van der Waals surface area contributed by atoms with Crippen molar-refractivity contribution in [1.29, 1.82) is 5.26 Å². The molecule has 1 heterocycles. The van der Waals surface area contributed by atoms with Gasteiger partial charge in [-0.2, -0.15) is 5.26 Å². The lowest BCUT2D eigenvalue weighted by atomic mass is 9.85. The molecule has 3 rings (SSSR count). The molecule has 1 aromatic heterocycles. The molecule has 0 saturated carbocycles. The number of carboxylic acid groups (broad SMARTS) is 1. The van der Waals surface area contributed by atoms with Crippen molar-refractivity contribution < 1.29 is 19.4 Å². The molecule has 3 aromatic rings. The van der Waals surface area contributed by atoms with Crippen molar-refractivity contribution in [2.75, 3.05) is 12.4 Å². The highest BCUT2D eigenvalue weighted by Gasteiger charge is 2.21. The largest absolute Gasteiger partial charge is 0.493 e. The van der Waals surface area contributed by atoms with Crippen LogP contribution in [0, 0.1) is 18.3 Å². The minimum atomic E-state index is -1.13. The average Bonchev–Trinajstić information content (AvgIpc) is 3.23. The zero-order chi connectivity index (χ0) is 23.6. The Hall–Kier alpha value is -4.12. The van der Waals surface area contributed by atoms with Crippen molar-refractivity contribution in [2.45, 2.75) is 33.1 Å². The van der Waals surface area contributed by atoms with Crippen LogP contribution in [0.4, 0.5) is 5.69 Å². The van der Waals surface area contributed by atoms with E-state index in [0.29, 0.717) is 28.3 Å². The van der Waals surface area contributed by atoms with E-state index in [9.17, 15) is 14.9 Å². The van der Waals surface area contributed by atoms with Crippen LogP contribution in [0.5, 0.6) is 5.75 Å². The van der Waals surface area contributed by atoms with Gasteiger partial charge in [-0.05, 0) is 47.7 Å². The first kappa shape index (κ1) is 22.6. The van der Waals surface area contributed by atoms with Gasteiger partial charge in [-0.1, -0.05) is 26.8 Å². The number of anilines is 1. The SMILES string of the molecule is COc1c(C#N)cc(C(C)(C)C)cc1NC(=O)c1ccc(C)c(-n2cnc(C(=O)O)c2)c1. The van der Waals surface area contributed by atoms with Crippen molar-refractivity contribution in [2.24, 2.45) is 0 Å². The van der Waals surface area contributed by atoms with Gasteiger partial charge in [0.1, 0.15) is 12.4 Å². The number of carbonyl (C=O) groups is 2. The third kappa shape index (κ3) is 4.47. The van der Waals surface area contributed by atoms with Gasteiger partial charge in [0, 0.05) is 11.8 Å². The summed E-state index contributed by atoms with van der Waals surface area (Å²) in [7, 11) is 1.45. The van der Waals surface area contributed by atoms with Gasteiger partial charge in [-0.25, -0.2) is 9.78 Å². The number of nitriles is 1. The molecule has 0 radical (unpaired) electrons. The van der Waals surface area contributed by atoms with E-state index in [0.717, 1.165) is 11.1 Å². The lowest BCUT2D eigenvalue weighted by Gasteiger charge is -2.22. The molecular weight excluding hydrogens is 408 g/mol. The first-order valence-electron chi connectivity index (χ1n) is 9.87. The Morgan fingerprint density at radius 2 is 1.94 bits per heavy atom. The van der Waals surface area contributed by atoms with Crippen LogP contribution < -0.4 is 10.1 Å². The molecule has 0 saturated heterocycles. The van der Waals surface area contributed by atoms with Crippen molar-refractivity contribution in [3.63, 3.8) is 0 Å². The first-order chi connectivity index (χ1) is 15.0. The highest BCUT2D eigenvalue weighted by molar-refractivity contribution is 6.05. The summed E-state index contributed by atoms with van der Waals surface area (Å²) in [6.45, 7) is 7.91. The highest BCUT2D eigenvalue weighted by Crippen LogP contribution is 2.35. The van der Waals surface area contributed by atoms with Crippen LogP contribution in [0.2, 0.25) is 0 Å². The second-order valence-corrected chi connectivity index (χ2v) is 8.39. The number of nitrogens with one attached hydrogen (secondary N) is 1. The maximum absolute atomic E-state index is 13.1. The van der Waals surface area contributed by atoms with E-state index in [1.165, 1.54) is 19.6 Å². The van der Waals surface area contributed by atoms with Gasteiger partial charge in [0.25, 0.3) is 5.91 Å². The van der Waals surface area contributed by atoms with E-state index >= 15 is 0 Å². The van der Waals surface area contributed by atoms with E-state index in [2.05, 4.69) is 16.4 Å². The fraction of sp³-hybridized carbons (Fsp3) is 0.250. The van der Waals surface area contributed by atoms with Crippen LogP contribution in [0.1, 0.15) is 58.3 Å². The van der Waals surface area contributed by atoms with Crippen LogP contribution in [0.3, 0.4) is 0 Å². The molecule has 164 valence electrons. The molecule has 32 heavy (non-hydrogen) atoms. The van der Waals surface area contributed by atoms with Gasteiger partial charge in [-0.3, -0.25) is 4.79 Å². The maximum atomic E-state index is 13.1. The number of carboxylic acids is 1. The monoisotopic (exact) mass is 432 g/mol. The number of ether oxygens (including phenoxy) is 1. The number of aromatic carboxylic acids is 1. The Labute approximate surface area is 186 Å². The minimum absolute atomic E-state index is 0.0907. The predicted molar refractivity (Wildman–Crippen MR) is 120 cm³/mol. The number of hydrogen-bond donors (Lipinski definition) is 2. The lowest BCUT2D eigenvalue weighted by Crippen LogP contribution is -2.16. The second-order valence-electron chi connectivity index (χ2n) is 8.39. The van der Waals surface area contributed by atoms with Crippen LogP contribution in [-0.4, -0.2) is 33.6 Å². The Morgan fingerprint density at radius 1 is 1.22 bits per heavy atom. The summed E-state index contributed by atoms with van der Waals surface area (Å²) >= 11 is 0. The average molecular weight is 432 g/mol. The summed E-state index contributed by atoms with van der Waals surface area (Å²) in [5, 5.41) is 21.5. The number of carbonyl (C=O) groups excluding carboxylic acids is 1. The van der Waals surface area contributed by atoms with E-state index in [4.69, 9.17) is 9.84 Å². The van der Waals surface area contributed by atoms with Gasteiger partial charge in [0.15, 0.2) is 11.4 Å². The Kier molecular flexibility index (Phi) is 6.03. The molecular formula is C24H24N4O4. The number of rotatable bonds is 5. The minimum Gasteiger partial charge on any atom is -0.493 e. The third-order valence-electron chi connectivity index (χ3n) is 5.08. The van der Waals surface area contributed by atoms with Crippen LogP contribution in [0.15, 0.2) is 42.9 Å². The maximum Gasteiger partial charge on any atom is 0.356 e. The Balaban J connectivity index is 2.00. The number of aromatic nitrogens is 2. The van der Waals surface area contributed by atoms with Crippen molar-refractivity contribution in [3.8, 4) is 17.5 Å². The Morgan fingerprint density at radius 3 is 2.50 bits per heavy atom. The van der Waals surface area contributed by atoms with Gasteiger partial charge in [0.05, 0.1) is 24.0 Å². The molecule has 1 amide bonds. The van der Waals surface area contributed by atoms with Crippen LogP contribution >= 0.6 is 0 Å². The standard InChI is InChI=1S/C24H24N4O4/c1-14-6-7-15(9-20(14)28-12-19(23(30)31)26-13-28)22(29)27-18-10-17(24(2,3)4)8-16(11-25)21(18)32-5/h6-10,12-13H,1-5H3,(H,27,29)(H,30,31). The molecule has 0 unspecified atom stereocenters. The predicted octanol–water partition coefficient (Wildman–Crippen LogP) is 4.31. The van der Waals surface area contributed by atoms with Crippen molar-refractivity contribution >= 4 is 17.6 Å². The summed E-state index contributed by atoms with van der Waals surface area (Å²) < 4.78 is 6.96. The summed E-state index contributed by atoms with van der Waals surface area (Å²) in [5.74, 6) is -1.23. The van der Waals surface area contributed by atoms with E-state index in [1.54, 1.807) is 28.8 Å². The topological polar surface area (TPSA) is 117 Å². The number of amides is 1. The molecule has 0 aliphatic rings. The number of imidazole rings is 1. The Bertz CT molecular complexity index is 1250. The zero-order valence-corrected chi connectivity index (χ0v) is 18.6. The molecule has 0 bridgehead atoms. The van der Waals surface area contributed by atoms with Gasteiger partial charge in [-0.15, -0.1) is 0 Å². The second kappa shape index (κ2) is 8.55. The third-order valence-corrected chi connectivity index (χ3v) is 5.08. The smallest absolute Gasteiger partial charge is 0.356 e. The molecule has 0 aliphatic heterocycles. The van der Waals surface area contributed by atoms with Crippen molar-refractivity contribution in [3.05, 3.63) is 70.8 Å². The van der Waals surface area contributed by atoms with Gasteiger partial charge < -0.3 is 19.7 Å². The van der Waals surface area contributed by atoms with Crippen molar-refractivity contribution in [1.82, 2.24) is 9.55 Å². The molecule has 2 N–H and O–H groups in total. The lowest BCUT2D eigenvalue weighted by molar-refractivity contribution is 0.0690. The van der Waals surface area contributed by atoms with Crippen LogP contribution in [0.25, 0.3) is 5.69 Å². The number of aryl methyl sites for hydroxylation is 1.